The van der Waals surface area contributed by atoms with Gasteiger partial charge >= 0.3 is 93.3 Å². The second-order valence-electron chi connectivity index (χ2n) is 2.55. The quantitative estimate of drug-likeness (QED) is 0.800. The van der Waals surface area contributed by atoms with Gasteiger partial charge in [0, 0.05) is 0 Å². The van der Waals surface area contributed by atoms with E-state index in [1.807, 2.05) is 24.3 Å². The van der Waals surface area contributed by atoms with E-state index >= 15 is 0 Å². The molecule has 4 heteroatoms. The van der Waals surface area contributed by atoms with Crippen LogP contribution in [0.2, 0.25) is 0 Å². The number of halogens is 1. The standard InChI is InChI=1S/C9H5BrO2Te/c10-7-5-3-1-2-4-6(5)13-8(7)9(11)12/h1-4H,(H,11,12). The van der Waals surface area contributed by atoms with Crippen molar-refractivity contribution in [1.82, 2.24) is 0 Å². The summed E-state index contributed by atoms with van der Waals surface area (Å²) in [6, 6.07) is 7.85. The molecular formula is C9H5BrO2Te. The fraction of sp³-hybridized carbons (Fsp3) is 0. The number of carbonyl (C=O) groups is 1. The Morgan fingerprint density at radius 2 is 2.08 bits per heavy atom. The molecule has 0 aliphatic heterocycles. The van der Waals surface area contributed by atoms with Gasteiger partial charge in [-0.15, -0.1) is 0 Å². The second-order valence-corrected chi connectivity index (χ2v) is 6.34. The average Bonchev–Trinajstić information content (AvgIpc) is 2.45. The molecule has 2 rings (SSSR count). The molecule has 1 N–H and O–H groups in total. The topological polar surface area (TPSA) is 37.3 Å². The van der Waals surface area contributed by atoms with Gasteiger partial charge in [0.1, 0.15) is 0 Å². The molecule has 0 amide bonds. The van der Waals surface area contributed by atoms with E-state index in [1.165, 1.54) is 3.40 Å². The number of carboxylic acid groups (broad SMARTS) is 1. The molecule has 66 valence electrons. The predicted molar refractivity (Wildman–Crippen MR) is 55.5 cm³/mol. The van der Waals surface area contributed by atoms with Crippen LogP contribution in [0.25, 0.3) is 8.79 Å². The zero-order valence-electron chi connectivity index (χ0n) is 6.45. The number of benzene rings is 1. The number of fused-ring (bicyclic) bond motifs is 1. The van der Waals surface area contributed by atoms with Gasteiger partial charge in [-0.05, 0) is 0 Å². The molecule has 0 bridgehead atoms. The Hall–Kier alpha value is -0.300. The zero-order chi connectivity index (χ0) is 9.42. The van der Waals surface area contributed by atoms with E-state index in [4.69, 9.17) is 5.11 Å². The van der Waals surface area contributed by atoms with Crippen molar-refractivity contribution in [2.45, 2.75) is 0 Å². The molecular weight excluding hydrogens is 348 g/mol. The molecule has 2 aromatic rings. The molecule has 0 unspecified atom stereocenters. The van der Waals surface area contributed by atoms with E-state index in [0.29, 0.717) is 3.58 Å². The molecule has 0 fully saturated rings. The van der Waals surface area contributed by atoms with Crippen LogP contribution in [0.15, 0.2) is 28.7 Å². The molecule has 0 saturated carbocycles. The number of aromatic carboxylic acids is 1. The molecule has 0 saturated heterocycles. The summed E-state index contributed by atoms with van der Waals surface area (Å²) in [7, 11) is 0. The first-order valence-electron chi connectivity index (χ1n) is 3.60. The normalized spacial score (nSPS) is 10.5. The number of rotatable bonds is 1. The number of carboxylic acids is 1. The Labute approximate surface area is 92.9 Å². The van der Waals surface area contributed by atoms with E-state index in [-0.39, 0.29) is 0 Å². The van der Waals surface area contributed by atoms with Crippen molar-refractivity contribution < 1.29 is 9.90 Å². The third-order valence-electron chi connectivity index (χ3n) is 1.73. The summed E-state index contributed by atoms with van der Waals surface area (Å²) in [5.41, 5.74) is 0. The summed E-state index contributed by atoms with van der Waals surface area (Å²) >= 11 is 2.66. The van der Waals surface area contributed by atoms with Gasteiger partial charge in [-0.2, -0.15) is 0 Å². The average molecular weight is 353 g/mol. The van der Waals surface area contributed by atoms with Gasteiger partial charge < -0.3 is 0 Å². The summed E-state index contributed by atoms with van der Waals surface area (Å²) in [6.07, 6.45) is 0. The summed E-state index contributed by atoms with van der Waals surface area (Å²) in [4.78, 5) is 10.8. The second kappa shape index (κ2) is 3.45. The van der Waals surface area contributed by atoms with Gasteiger partial charge in [-0.1, -0.05) is 0 Å². The van der Waals surface area contributed by atoms with Crippen LogP contribution in [0.3, 0.4) is 0 Å². The molecule has 0 aliphatic carbocycles. The third kappa shape index (κ3) is 1.54. The van der Waals surface area contributed by atoms with Crippen LogP contribution in [-0.2, 0) is 0 Å². The first-order chi connectivity index (χ1) is 6.20. The van der Waals surface area contributed by atoms with Crippen LogP contribution < -0.4 is 0 Å². The summed E-state index contributed by atoms with van der Waals surface area (Å²) in [5, 5.41) is 9.96. The SMILES string of the molecule is O=C(O)c1[te]c2ccccc2c1Br. The van der Waals surface area contributed by atoms with Crippen molar-refractivity contribution in [3.8, 4) is 0 Å². The van der Waals surface area contributed by atoms with Crippen LogP contribution >= 0.6 is 15.9 Å². The van der Waals surface area contributed by atoms with Gasteiger partial charge in [0.05, 0.1) is 0 Å². The van der Waals surface area contributed by atoms with Crippen LogP contribution in [0, 0.1) is 0 Å². The number of hydrogen-bond donors (Lipinski definition) is 1. The maximum absolute atomic E-state index is 10.8. The van der Waals surface area contributed by atoms with Crippen molar-refractivity contribution >= 4 is 51.1 Å². The van der Waals surface area contributed by atoms with Crippen molar-refractivity contribution in [2.24, 2.45) is 0 Å². The van der Waals surface area contributed by atoms with Crippen LogP contribution in [0.5, 0.6) is 0 Å². The van der Waals surface area contributed by atoms with E-state index in [2.05, 4.69) is 15.9 Å². The van der Waals surface area contributed by atoms with Gasteiger partial charge in [-0.3, -0.25) is 0 Å². The molecule has 13 heavy (non-hydrogen) atoms. The molecule has 0 aliphatic rings. The fourth-order valence-corrected chi connectivity index (χ4v) is 5.28. The summed E-state index contributed by atoms with van der Waals surface area (Å²) in [5.74, 6) is -0.787. The minimum absolute atomic E-state index is 0.576. The van der Waals surface area contributed by atoms with Gasteiger partial charge in [0.25, 0.3) is 0 Å². The summed E-state index contributed by atoms with van der Waals surface area (Å²) < 4.78 is 2.56. The van der Waals surface area contributed by atoms with E-state index in [0.717, 1.165) is 9.86 Å². The van der Waals surface area contributed by atoms with Crippen molar-refractivity contribution in [3.05, 3.63) is 32.3 Å². The van der Waals surface area contributed by atoms with E-state index in [1.54, 1.807) is 0 Å². The monoisotopic (exact) mass is 354 g/mol. The Morgan fingerprint density at radius 1 is 1.38 bits per heavy atom. The fourth-order valence-electron chi connectivity index (χ4n) is 1.15. The van der Waals surface area contributed by atoms with Crippen molar-refractivity contribution in [1.29, 1.82) is 0 Å². The van der Waals surface area contributed by atoms with Gasteiger partial charge in [0.15, 0.2) is 0 Å². The summed E-state index contributed by atoms with van der Waals surface area (Å²) in [6.45, 7) is 0. The minimum atomic E-state index is -0.787. The molecule has 0 atom stereocenters. The van der Waals surface area contributed by atoms with E-state index < -0.39 is 26.4 Å². The Morgan fingerprint density at radius 3 is 2.69 bits per heavy atom. The Kier molecular flexibility index (Phi) is 2.46. The van der Waals surface area contributed by atoms with Crippen molar-refractivity contribution in [2.75, 3.05) is 0 Å². The number of hydrogen-bond acceptors (Lipinski definition) is 1. The molecule has 0 radical (unpaired) electrons. The van der Waals surface area contributed by atoms with Crippen molar-refractivity contribution in [3.63, 3.8) is 0 Å². The molecule has 2 nitrogen and oxygen atoms in total. The zero-order valence-corrected chi connectivity index (χ0v) is 10.4. The first kappa shape index (κ1) is 9.26. The molecule has 1 heterocycles. The van der Waals surface area contributed by atoms with Crippen LogP contribution in [0.4, 0.5) is 0 Å². The van der Waals surface area contributed by atoms with Crippen LogP contribution in [-0.4, -0.2) is 31.5 Å². The maximum atomic E-state index is 10.8. The molecule has 1 aromatic carbocycles. The first-order valence-corrected chi connectivity index (χ1v) is 6.73. The van der Waals surface area contributed by atoms with Crippen LogP contribution in [0.1, 0.15) is 8.37 Å². The van der Waals surface area contributed by atoms with Gasteiger partial charge in [-0.25, -0.2) is 0 Å². The molecule has 0 spiro atoms. The van der Waals surface area contributed by atoms with Gasteiger partial charge in [0.2, 0.25) is 0 Å². The molecule has 1 aromatic heterocycles. The Bertz CT molecular complexity index is 475. The third-order valence-corrected chi connectivity index (χ3v) is 6.68. The van der Waals surface area contributed by atoms with E-state index in [9.17, 15) is 4.79 Å². The predicted octanol–water partition coefficient (Wildman–Crippen LogP) is 2.36. The Balaban J connectivity index is 2.81.